The number of rotatable bonds is 7. The molecule has 1 aliphatic rings. The minimum Gasteiger partial charge on any atom is -0.444 e. The summed E-state index contributed by atoms with van der Waals surface area (Å²) < 4.78 is 5.39. The summed E-state index contributed by atoms with van der Waals surface area (Å²) in [6.07, 6.45) is 0.133. The molecule has 1 heterocycles. The first-order valence-electron chi connectivity index (χ1n) is 9.80. The van der Waals surface area contributed by atoms with Gasteiger partial charge in [-0.25, -0.2) is 4.79 Å². The predicted octanol–water partition coefficient (Wildman–Crippen LogP) is 2.32. The first-order valence-corrected chi connectivity index (χ1v) is 9.80. The molecule has 1 aliphatic heterocycles. The van der Waals surface area contributed by atoms with Crippen LogP contribution >= 0.6 is 0 Å². The van der Waals surface area contributed by atoms with Crippen LogP contribution in [0.15, 0.2) is 30.3 Å². The maximum atomic E-state index is 12.1. The lowest BCUT2D eigenvalue weighted by molar-refractivity contribution is -0.121. The predicted molar refractivity (Wildman–Crippen MR) is 107 cm³/mol. The van der Waals surface area contributed by atoms with Crippen LogP contribution in [0.3, 0.4) is 0 Å². The Balaban J connectivity index is 1.59. The van der Waals surface area contributed by atoms with E-state index in [1.54, 1.807) is 17.0 Å². The molecule has 7 nitrogen and oxygen atoms in total. The van der Waals surface area contributed by atoms with E-state index in [9.17, 15) is 14.4 Å². The van der Waals surface area contributed by atoms with Crippen LogP contribution in [-0.2, 0) is 9.53 Å². The van der Waals surface area contributed by atoms with Crippen molar-refractivity contribution in [3.8, 4) is 0 Å². The van der Waals surface area contributed by atoms with Crippen molar-refractivity contribution in [2.75, 3.05) is 39.3 Å². The van der Waals surface area contributed by atoms with Crippen molar-refractivity contribution in [2.24, 2.45) is 0 Å². The molecule has 1 aromatic carbocycles. The summed E-state index contributed by atoms with van der Waals surface area (Å²) in [5, 5.41) is 2.86. The lowest BCUT2D eigenvalue weighted by Gasteiger charge is -2.35. The second kappa shape index (κ2) is 10.2. The quantitative estimate of drug-likeness (QED) is 0.724. The molecule has 0 atom stereocenters. The van der Waals surface area contributed by atoms with Gasteiger partial charge in [-0.05, 0) is 20.8 Å². The molecule has 2 amide bonds. The molecular weight excluding hydrogens is 358 g/mol. The summed E-state index contributed by atoms with van der Waals surface area (Å²) in [5.74, 6) is -0.134. The van der Waals surface area contributed by atoms with E-state index < -0.39 is 5.60 Å². The van der Waals surface area contributed by atoms with Crippen LogP contribution < -0.4 is 5.32 Å². The Kier molecular flexibility index (Phi) is 7.99. The largest absolute Gasteiger partial charge is 0.444 e. The third kappa shape index (κ3) is 7.68. The maximum Gasteiger partial charge on any atom is 0.410 e. The molecule has 0 saturated carbocycles. The Morgan fingerprint density at radius 3 is 2.25 bits per heavy atom. The van der Waals surface area contributed by atoms with Gasteiger partial charge in [-0.1, -0.05) is 30.3 Å². The van der Waals surface area contributed by atoms with Crippen molar-refractivity contribution >= 4 is 17.8 Å². The zero-order chi connectivity index (χ0) is 20.6. The number of Topliss-reactive ketones (excluding diaryl/α,β-unsaturated/α-hetero) is 1. The van der Waals surface area contributed by atoms with E-state index in [1.807, 2.05) is 39.0 Å². The number of hydrogen-bond acceptors (Lipinski definition) is 5. The van der Waals surface area contributed by atoms with Gasteiger partial charge in [0.1, 0.15) is 5.60 Å². The third-order valence-corrected chi connectivity index (χ3v) is 4.45. The smallest absolute Gasteiger partial charge is 0.410 e. The van der Waals surface area contributed by atoms with Gasteiger partial charge in [-0.15, -0.1) is 0 Å². The van der Waals surface area contributed by atoms with Crippen molar-refractivity contribution < 1.29 is 19.1 Å². The van der Waals surface area contributed by atoms with E-state index in [0.29, 0.717) is 25.2 Å². The summed E-state index contributed by atoms with van der Waals surface area (Å²) in [7, 11) is 0. The van der Waals surface area contributed by atoms with Crippen LogP contribution in [0.5, 0.6) is 0 Å². The van der Waals surface area contributed by atoms with Crippen molar-refractivity contribution in [1.82, 2.24) is 15.1 Å². The minimum absolute atomic E-state index is 0.0194. The highest BCUT2D eigenvalue weighted by Crippen LogP contribution is 2.11. The second-order valence-corrected chi connectivity index (χ2v) is 7.95. The van der Waals surface area contributed by atoms with Crippen molar-refractivity contribution in [1.29, 1.82) is 0 Å². The fourth-order valence-corrected chi connectivity index (χ4v) is 2.92. The van der Waals surface area contributed by atoms with Gasteiger partial charge in [0, 0.05) is 57.7 Å². The standard InChI is InChI=1S/C21H31N3O4/c1-21(2,3)28-20(27)24-15-13-23(14-16-24)12-11-22-19(26)10-9-18(25)17-7-5-4-6-8-17/h4-8H,9-16H2,1-3H3,(H,22,26). The topological polar surface area (TPSA) is 79.0 Å². The zero-order valence-corrected chi connectivity index (χ0v) is 17.1. The van der Waals surface area contributed by atoms with E-state index in [-0.39, 0.29) is 30.6 Å². The van der Waals surface area contributed by atoms with Crippen molar-refractivity contribution in [3.05, 3.63) is 35.9 Å². The van der Waals surface area contributed by atoms with Gasteiger partial charge >= 0.3 is 6.09 Å². The van der Waals surface area contributed by atoms with E-state index in [4.69, 9.17) is 4.74 Å². The van der Waals surface area contributed by atoms with Crippen LogP contribution in [0.2, 0.25) is 0 Å². The normalized spacial score (nSPS) is 15.2. The highest BCUT2D eigenvalue weighted by Gasteiger charge is 2.25. The summed E-state index contributed by atoms with van der Waals surface area (Å²) >= 11 is 0. The molecular formula is C21H31N3O4. The fourth-order valence-electron chi connectivity index (χ4n) is 2.92. The lowest BCUT2D eigenvalue weighted by atomic mass is 10.1. The Bertz CT molecular complexity index is 662. The number of amides is 2. The van der Waals surface area contributed by atoms with Gasteiger partial charge in [-0.3, -0.25) is 14.5 Å². The molecule has 0 bridgehead atoms. The first kappa shape index (κ1) is 21.9. The molecule has 0 spiro atoms. The molecule has 1 fully saturated rings. The summed E-state index contributed by atoms with van der Waals surface area (Å²) in [6.45, 7) is 9.57. The number of piperazine rings is 1. The maximum absolute atomic E-state index is 12.1. The summed E-state index contributed by atoms with van der Waals surface area (Å²) in [5.41, 5.74) is 0.151. The van der Waals surface area contributed by atoms with Crippen LogP contribution in [0, 0.1) is 0 Å². The number of carbonyl (C=O) groups is 3. The van der Waals surface area contributed by atoms with Crippen LogP contribution in [0.4, 0.5) is 4.79 Å². The first-order chi connectivity index (χ1) is 13.2. The molecule has 0 aromatic heterocycles. The lowest BCUT2D eigenvalue weighted by Crippen LogP contribution is -2.51. The zero-order valence-electron chi connectivity index (χ0n) is 17.1. The summed E-state index contributed by atoms with van der Waals surface area (Å²) in [6, 6.07) is 9.01. The van der Waals surface area contributed by atoms with Crippen LogP contribution in [0.1, 0.15) is 44.0 Å². The van der Waals surface area contributed by atoms with Crippen molar-refractivity contribution in [3.63, 3.8) is 0 Å². The van der Waals surface area contributed by atoms with Gasteiger partial charge in [0.2, 0.25) is 5.91 Å². The van der Waals surface area contributed by atoms with Gasteiger partial charge in [-0.2, -0.15) is 0 Å². The third-order valence-electron chi connectivity index (χ3n) is 4.45. The van der Waals surface area contributed by atoms with E-state index in [2.05, 4.69) is 10.2 Å². The summed E-state index contributed by atoms with van der Waals surface area (Å²) in [4.78, 5) is 39.9. The molecule has 0 aliphatic carbocycles. The average Bonchev–Trinajstić information content (AvgIpc) is 2.66. The molecule has 2 rings (SSSR count). The van der Waals surface area contributed by atoms with E-state index in [0.717, 1.165) is 19.6 Å². The fraction of sp³-hybridized carbons (Fsp3) is 0.571. The van der Waals surface area contributed by atoms with Crippen molar-refractivity contribution in [2.45, 2.75) is 39.2 Å². The number of carbonyl (C=O) groups excluding carboxylic acids is 3. The molecule has 28 heavy (non-hydrogen) atoms. The molecule has 0 unspecified atom stereocenters. The Hall–Kier alpha value is -2.41. The SMILES string of the molecule is CC(C)(C)OC(=O)N1CCN(CCNC(=O)CCC(=O)c2ccccc2)CC1. The second-order valence-electron chi connectivity index (χ2n) is 7.95. The van der Waals surface area contributed by atoms with E-state index >= 15 is 0 Å². The Morgan fingerprint density at radius 2 is 1.64 bits per heavy atom. The molecule has 154 valence electrons. The van der Waals surface area contributed by atoms with Gasteiger partial charge in [0.05, 0.1) is 0 Å². The van der Waals surface area contributed by atoms with Gasteiger partial charge in [0.25, 0.3) is 0 Å². The number of nitrogens with zero attached hydrogens (tertiary/aromatic N) is 2. The number of ketones is 1. The number of nitrogens with one attached hydrogen (secondary N) is 1. The molecule has 1 saturated heterocycles. The van der Waals surface area contributed by atoms with Crippen LogP contribution in [0.25, 0.3) is 0 Å². The number of benzene rings is 1. The number of ether oxygens (including phenoxy) is 1. The Labute approximate surface area is 167 Å². The molecule has 7 heteroatoms. The van der Waals surface area contributed by atoms with Gasteiger partial charge in [0.15, 0.2) is 5.78 Å². The average molecular weight is 389 g/mol. The number of hydrogen-bond donors (Lipinski definition) is 1. The van der Waals surface area contributed by atoms with Gasteiger partial charge < -0.3 is 15.0 Å². The van der Waals surface area contributed by atoms with E-state index in [1.165, 1.54) is 0 Å². The molecule has 0 radical (unpaired) electrons. The highest BCUT2D eigenvalue weighted by molar-refractivity contribution is 5.97. The Morgan fingerprint density at radius 1 is 1.00 bits per heavy atom. The molecule has 1 aromatic rings. The minimum atomic E-state index is -0.486. The highest BCUT2D eigenvalue weighted by atomic mass is 16.6. The molecule has 1 N–H and O–H groups in total. The monoisotopic (exact) mass is 389 g/mol. The van der Waals surface area contributed by atoms with Crippen LogP contribution in [-0.4, -0.2) is 72.5 Å².